The summed E-state index contributed by atoms with van der Waals surface area (Å²) in [6.45, 7) is 0. The van der Waals surface area contributed by atoms with Crippen molar-refractivity contribution in [1.82, 2.24) is 0 Å². The van der Waals surface area contributed by atoms with Crippen LogP contribution in [0.2, 0.25) is 0 Å². The molecule has 0 nitrogen and oxygen atoms in total. The Kier molecular flexibility index (Phi) is 4.89. The fourth-order valence-corrected chi connectivity index (χ4v) is 5.58. The van der Waals surface area contributed by atoms with Gasteiger partial charge in [-0.3, -0.25) is 0 Å². The SMILES string of the molecule is c1ccc(-c2cccc(-c3c4ccccc4c(-c4ccc5ccccc5c4)c4ccccc34)c2)cc1. The molecule has 0 saturated heterocycles. The molecule has 0 atom stereocenters. The van der Waals surface area contributed by atoms with Crippen molar-refractivity contribution in [2.45, 2.75) is 0 Å². The van der Waals surface area contributed by atoms with Crippen LogP contribution < -0.4 is 0 Å². The van der Waals surface area contributed by atoms with Gasteiger partial charge in [0.2, 0.25) is 0 Å². The zero-order valence-electron chi connectivity index (χ0n) is 19.9. The zero-order valence-corrected chi connectivity index (χ0v) is 19.9. The molecule has 0 aliphatic carbocycles. The average Bonchev–Trinajstić information content (AvgIpc) is 2.96. The summed E-state index contributed by atoms with van der Waals surface area (Å²) in [6, 6.07) is 52.8. The van der Waals surface area contributed by atoms with Gasteiger partial charge in [0.15, 0.2) is 0 Å². The van der Waals surface area contributed by atoms with E-state index in [0.29, 0.717) is 0 Å². The van der Waals surface area contributed by atoms with Crippen molar-refractivity contribution in [1.29, 1.82) is 0 Å². The molecule has 0 heterocycles. The Hall–Kier alpha value is -4.68. The van der Waals surface area contributed by atoms with Crippen LogP contribution in [-0.4, -0.2) is 0 Å². The second-order valence-corrected chi connectivity index (χ2v) is 9.35. The summed E-state index contributed by atoms with van der Waals surface area (Å²) in [5.74, 6) is 0. The molecular formula is C36H24. The molecule has 7 aromatic carbocycles. The van der Waals surface area contributed by atoms with Gasteiger partial charge in [0.25, 0.3) is 0 Å². The number of hydrogen-bond acceptors (Lipinski definition) is 0. The molecule has 36 heavy (non-hydrogen) atoms. The largest absolute Gasteiger partial charge is 0.0622 e. The maximum Gasteiger partial charge on any atom is -0.00262 e. The average molecular weight is 457 g/mol. The fourth-order valence-electron chi connectivity index (χ4n) is 5.58. The lowest BCUT2D eigenvalue weighted by Crippen LogP contribution is -1.91. The van der Waals surface area contributed by atoms with Crippen LogP contribution in [0.1, 0.15) is 0 Å². The summed E-state index contributed by atoms with van der Waals surface area (Å²) in [5.41, 5.74) is 7.57. The van der Waals surface area contributed by atoms with Crippen molar-refractivity contribution in [2.24, 2.45) is 0 Å². The predicted octanol–water partition coefficient (Wildman–Crippen LogP) is 10.1. The Bertz CT molecular complexity index is 1820. The van der Waals surface area contributed by atoms with E-state index in [4.69, 9.17) is 0 Å². The van der Waals surface area contributed by atoms with Crippen LogP contribution in [0.4, 0.5) is 0 Å². The molecule has 0 aromatic heterocycles. The number of benzene rings is 7. The van der Waals surface area contributed by atoms with Crippen molar-refractivity contribution in [3.8, 4) is 33.4 Å². The van der Waals surface area contributed by atoms with E-state index in [1.54, 1.807) is 0 Å². The molecule has 0 amide bonds. The van der Waals surface area contributed by atoms with Crippen molar-refractivity contribution in [2.75, 3.05) is 0 Å². The molecule has 0 aliphatic rings. The molecule has 168 valence electrons. The Labute approximate surface area is 211 Å². The van der Waals surface area contributed by atoms with Gasteiger partial charge in [0.1, 0.15) is 0 Å². The lowest BCUT2D eigenvalue weighted by Gasteiger charge is -2.18. The summed E-state index contributed by atoms with van der Waals surface area (Å²) in [6.07, 6.45) is 0. The van der Waals surface area contributed by atoms with E-state index >= 15 is 0 Å². The summed E-state index contributed by atoms with van der Waals surface area (Å²) in [4.78, 5) is 0. The van der Waals surface area contributed by atoms with Gasteiger partial charge >= 0.3 is 0 Å². The number of hydrogen-bond donors (Lipinski definition) is 0. The molecule has 0 unspecified atom stereocenters. The second-order valence-electron chi connectivity index (χ2n) is 9.35. The maximum atomic E-state index is 2.33. The van der Waals surface area contributed by atoms with E-state index in [0.717, 1.165) is 0 Å². The minimum atomic E-state index is 1.24. The van der Waals surface area contributed by atoms with Crippen molar-refractivity contribution in [3.05, 3.63) is 146 Å². The third kappa shape index (κ3) is 3.39. The molecule has 0 N–H and O–H groups in total. The highest BCUT2D eigenvalue weighted by Gasteiger charge is 2.17. The third-order valence-corrected chi connectivity index (χ3v) is 7.23. The number of rotatable bonds is 3. The van der Waals surface area contributed by atoms with E-state index in [1.165, 1.54) is 65.7 Å². The fraction of sp³-hybridized carbons (Fsp3) is 0. The van der Waals surface area contributed by atoms with Crippen molar-refractivity contribution >= 4 is 32.3 Å². The standard InChI is InChI=1S/C36H24/c1-2-11-25(12-3-1)28-15-10-16-29(23-28)35-31-17-6-8-19-33(31)36(34-20-9-7-18-32(34)35)30-22-21-26-13-4-5-14-27(26)24-30/h1-24H. The minimum Gasteiger partial charge on any atom is -0.0622 e. The molecule has 7 aromatic rings. The highest BCUT2D eigenvalue weighted by atomic mass is 14.2. The monoisotopic (exact) mass is 456 g/mol. The number of fused-ring (bicyclic) bond motifs is 3. The first kappa shape index (κ1) is 20.7. The van der Waals surface area contributed by atoms with Gasteiger partial charge in [-0.25, -0.2) is 0 Å². The first-order valence-electron chi connectivity index (χ1n) is 12.5. The Morgan fingerprint density at radius 2 is 0.722 bits per heavy atom. The van der Waals surface area contributed by atoms with Crippen LogP contribution in [-0.2, 0) is 0 Å². The minimum absolute atomic E-state index is 1.24. The quantitative estimate of drug-likeness (QED) is 0.232. The van der Waals surface area contributed by atoms with Crippen LogP contribution in [0.3, 0.4) is 0 Å². The van der Waals surface area contributed by atoms with Gasteiger partial charge < -0.3 is 0 Å². The molecule has 0 heteroatoms. The van der Waals surface area contributed by atoms with Gasteiger partial charge in [-0.2, -0.15) is 0 Å². The van der Waals surface area contributed by atoms with E-state index < -0.39 is 0 Å². The van der Waals surface area contributed by atoms with Crippen LogP contribution in [0.5, 0.6) is 0 Å². The molecule has 0 fully saturated rings. The van der Waals surface area contributed by atoms with Gasteiger partial charge in [-0.1, -0.05) is 133 Å². The van der Waals surface area contributed by atoms with Crippen molar-refractivity contribution < 1.29 is 0 Å². The highest BCUT2D eigenvalue weighted by Crippen LogP contribution is 2.44. The molecule has 0 radical (unpaired) electrons. The summed E-state index contributed by atoms with van der Waals surface area (Å²) >= 11 is 0. The lowest BCUT2D eigenvalue weighted by atomic mass is 9.85. The van der Waals surface area contributed by atoms with Crippen molar-refractivity contribution in [3.63, 3.8) is 0 Å². The molecule has 0 saturated carbocycles. The maximum absolute atomic E-state index is 2.33. The van der Waals surface area contributed by atoms with Crippen LogP contribution in [0.15, 0.2) is 146 Å². The van der Waals surface area contributed by atoms with Crippen LogP contribution >= 0.6 is 0 Å². The van der Waals surface area contributed by atoms with Gasteiger partial charge in [-0.05, 0) is 77.8 Å². The highest BCUT2D eigenvalue weighted by molar-refractivity contribution is 6.21. The normalized spacial score (nSPS) is 11.3. The molecular weight excluding hydrogens is 432 g/mol. The van der Waals surface area contributed by atoms with Crippen LogP contribution in [0, 0.1) is 0 Å². The van der Waals surface area contributed by atoms with E-state index in [-0.39, 0.29) is 0 Å². The second kappa shape index (κ2) is 8.52. The summed E-state index contributed by atoms with van der Waals surface area (Å²) in [5, 5.41) is 7.67. The lowest BCUT2D eigenvalue weighted by molar-refractivity contribution is 1.61. The first-order valence-corrected chi connectivity index (χ1v) is 12.5. The van der Waals surface area contributed by atoms with Gasteiger partial charge in [0, 0.05) is 0 Å². The van der Waals surface area contributed by atoms with E-state index in [2.05, 4.69) is 146 Å². The predicted molar refractivity (Wildman–Crippen MR) is 155 cm³/mol. The topological polar surface area (TPSA) is 0 Å². The smallest absolute Gasteiger partial charge is 0.00262 e. The Balaban J connectivity index is 1.55. The van der Waals surface area contributed by atoms with Gasteiger partial charge in [0.05, 0.1) is 0 Å². The van der Waals surface area contributed by atoms with Crippen LogP contribution in [0.25, 0.3) is 65.7 Å². The third-order valence-electron chi connectivity index (χ3n) is 7.23. The van der Waals surface area contributed by atoms with E-state index in [1.807, 2.05) is 0 Å². The molecule has 0 bridgehead atoms. The Morgan fingerprint density at radius 3 is 1.36 bits per heavy atom. The molecule has 0 spiro atoms. The van der Waals surface area contributed by atoms with E-state index in [9.17, 15) is 0 Å². The molecule has 0 aliphatic heterocycles. The molecule has 7 rings (SSSR count). The first-order chi connectivity index (χ1) is 17.9. The summed E-state index contributed by atoms with van der Waals surface area (Å²) in [7, 11) is 0. The zero-order chi connectivity index (χ0) is 23.9. The van der Waals surface area contributed by atoms with Gasteiger partial charge in [-0.15, -0.1) is 0 Å². The Morgan fingerprint density at radius 1 is 0.250 bits per heavy atom. The summed E-state index contributed by atoms with van der Waals surface area (Å²) < 4.78 is 0.